The summed E-state index contributed by atoms with van der Waals surface area (Å²) in [5, 5.41) is 23.6. The second kappa shape index (κ2) is 10.3. The van der Waals surface area contributed by atoms with Crippen molar-refractivity contribution >= 4 is 67.0 Å². The van der Waals surface area contributed by atoms with Crippen LogP contribution in [-0.2, 0) is 0 Å². The number of hydrogen-bond donors (Lipinski definition) is 0. The number of carbonyl (C=O) groups is 1. The normalized spacial score (nSPS) is 13.2. The number of anilines is 3. The minimum absolute atomic E-state index is 0.117. The summed E-state index contributed by atoms with van der Waals surface area (Å²) >= 11 is 1.48. The molecule has 196 valence electrons. The van der Waals surface area contributed by atoms with Crippen LogP contribution in [0.5, 0.6) is 0 Å². The van der Waals surface area contributed by atoms with E-state index in [-0.39, 0.29) is 22.6 Å². The molecule has 0 unspecified atom stereocenters. The fourth-order valence-corrected chi connectivity index (χ4v) is 6.25. The van der Waals surface area contributed by atoms with Crippen LogP contribution in [0, 0.1) is 22.7 Å². The summed E-state index contributed by atoms with van der Waals surface area (Å²) < 4.78 is 0. The number of fused-ring (bicyclic) bond motifs is 3. The SMILES string of the molecule is N#CC(C#N)=C1/C(=C\c2ccc(N(c3ccc4ccccc4c3)c3ccccn3)s2)C(=O)c2nc3ccccc3cc21. The molecule has 0 saturated carbocycles. The number of pyridine rings is 2. The average molecular weight is 558 g/mol. The number of hydrogen-bond acceptors (Lipinski definition) is 7. The third-order valence-corrected chi connectivity index (χ3v) is 8.20. The van der Waals surface area contributed by atoms with Gasteiger partial charge in [0, 0.05) is 38.9 Å². The van der Waals surface area contributed by atoms with Crippen LogP contribution in [0.4, 0.5) is 16.5 Å². The Hall–Kier alpha value is -5.89. The number of allylic oxidation sites excluding steroid dienone is 3. The van der Waals surface area contributed by atoms with Crippen LogP contribution in [0.1, 0.15) is 20.9 Å². The van der Waals surface area contributed by atoms with Gasteiger partial charge in [-0.3, -0.25) is 9.69 Å². The highest BCUT2D eigenvalue weighted by molar-refractivity contribution is 7.17. The molecule has 7 rings (SSSR count). The summed E-state index contributed by atoms with van der Waals surface area (Å²) in [6.45, 7) is 0. The number of ketones is 1. The van der Waals surface area contributed by atoms with E-state index in [0.29, 0.717) is 16.7 Å². The molecular formula is C35H19N5OS. The first-order chi connectivity index (χ1) is 20.6. The van der Waals surface area contributed by atoms with E-state index < -0.39 is 0 Å². The van der Waals surface area contributed by atoms with Gasteiger partial charge in [-0.15, -0.1) is 11.3 Å². The van der Waals surface area contributed by atoms with E-state index in [9.17, 15) is 15.3 Å². The van der Waals surface area contributed by atoms with Crippen LogP contribution >= 0.6 is 11.3 Å². The largest absolute Gasteiger partial charge is 0.287 e. The van der Waals surface area contributed by atoms with E-state index in [1.54, 1.807) is 12.3 Å². The van der Waals surface area contributed by atoms with Crippen molar-refractivity contribution in [3.63, 3.8) is 0 Å². The average Bonchev–Trinajstić information content (AvgIpc) is 3.60. The predicted molar refractivity (Wildman–Crippen MR) is 166 cm³/mol. The topological polar surface area (TPSA) is 93.7 Å². The zero-order valence-electron chi connectivity index (χ0n) is 22.0. The maximum atomic E-state index is 13.7. The lowest BCUT2D eigenvalue weighted by Crippen LogP contribution is -2.09. The van der Waals surface area contributed by atoms with Crippen molar-refractivity contribution in [3.8, 4) is 12.1 Å². The molecule has 0 fully saturated rings. The minimum atomic E-state index is -0.306. The maximum absolute atomic E-state index is 13.7. The molecule has 1 aliphatic rings. The Labute approximate surface area is 245 Å². The van der Waals surface area contributed by atoms with Gasteiger partial charge in [-0.25, -0.2) is 9.97 Å². The van der Waals surface area contributed by atoms with Gasteiger partial charge in [0.2, 0.25) is 5.78 Å². The molecule has 0 aliphatic heterocycles. The molecule has 0 amide bonds. The number of nitriles is 2. The number of benzene rings is 3. The fourth-order valence-electron chi connectivity index (χ4n) is 5.27. The van der Waals surface area contributed by atoms with E-state index in [2.05, 4.69) is 45.2 Å². The van der Waals surface area contributed by atoms with Crippen LogP contribution in [0.3, 0.4) is 0 Å². The lowest BCUT2D eigenvalue weighted by atomic mass is 9.99. The monoisotopic (exact) mass is 557 g/mol. The first-order valence-corrected chi connectivity index (χ1v) is 14.0. The Morgan fingerprint density at radius 3 is 2.36 bits per heavy atom. The first-order valence-electron chi connectivity index (χ1n) is 13.2. The van der Waals surface area contributed by atoms with Crippen LogP contribution in [-0.4, -0.2) is 15.8 Å². The number of thiophene rings is 1. The van der Waals surface area contributed by atoms with E-state index in [1.165, 1.54) is 11.3 Å². The van der Waals surface area contributed by atoms with Crippen LogP contribution < -0.4 is 4.90 Å². The summed E-state index contributed by atoms with van der Waals surface area (Å²) in [6.07, 6.45) is 3.51. The van der Waals surface area contributed by atoms with Crippen molar-refractivity contribution in [2.45, 2.75) is 0 Å². The van der Waals surface area contributed by atoms with Crippen molar-refractivity contribution in [1.82, 2.24) is 9.97 Å². The van der Waals surface area contributed by atoms with Gasteiger partial charge < -0.3 is 0 Å². The zero-order valence-corrected chi connectivity index (χ0v) is 22.8. The molecule has 0 radical (unpaired) electrons. The third kappa shape index (κ3) is 4.22. The Bertz CT molecular complexity index is 2180. The number of aromatic nitrogens is 2. The molecule has 3 heterocycles. The molecule has 0 bridgehead atoms. The van der Waals surface area contributed by atoms with Crippen LogP contribution in [0.2, 0.25) is 0 Å². The molecule has 1 aliphatic carbocycles. The predicted octanol–water partition coefficient (Wildman–Crippen LogP) is 8.39. The molecule has 0 atom stereocenters. The van der Waals surface area contributed by atoms with Crippen molar-refractivity contribution in [3.05, 3.63) is 137 Å². The van der Waals surface area contributed by atoms with Crippen molar-refractivity contribution in [2.75, 3.05) is 4.90 Å². The summed E-state index contributed by atoms with van der Waals surface area (Å²) in [7, 11) is 0. The van der Waals surface area contributed by atoms with Gasteiger partial charge in [0.1, 0.15) is 34.2 Å². The van der Waals surface area contributed by atoms with Gasteiger partial charge in [0.15, 0.2) is 0 Å². The Morgan fingerprint density at radius 1 is 0.810 bits per heavy atom. The number of Topliss-reactive ketones (excluding diaryl/α,β-unsaturated/α-hetero) is 1. The standard InChI is InChI=1S/C35H19N5OS/c36-20-25(21-37)33-28-18-24-9-3-4-10-30(24)39-34(28)35(41)29(33)19-27-14-15-32(42-27)40(31-11-5-6-16-38-31)26-13-12-22-7-1-2-8-23(22)17-26/h1-19H/b29-19+. The molecule has 6 aromatic rings. The number of rotatable bonds is 4. The number of nitrogens with zero attached hydrogens (tertiary/aromatic N) is 5. The van der Waals surface area contributed by atoms with Gasteiger partial charge >= 0.3 is 0 Å². The van der Waals surface area contributed by atoms with Crippen LogP contribution in [0.25, 0.3) is 33.3 Å². The molecule has 0 saturated heterocycles. The first kappa shape index (κ1) is 25.1. The second-order valence-electron chi connectivity index (χ2n) is 9.67. The van der Waals surface area contributed by atoms with Gasteiger partial charge in [-0.05, 0) is 65.4 Å². The Morgan fingerprint density at radius 2 is 1.57 bits per heavy atom. The van der Waals surface area contributed by atoms with Crippen molar-refractivity contribution in [1.29, 1.82) is 10.5 Å². The third-order valence-electron chi connectivity index (χ3n) is 7.19. The van der Waals surface area contributed by atoms with Gasteiger partial charge in [-0.2, -0.15) is 10.5 Å². The van der Waals surface area contributed by atoms with Crippen molar-refractivity contribution in [2.24, 2.45) is 0 Å². The van der Waals surface area contributed by atoms with E-state index in [0.717, 1.165) is 37.5 Å². The van der Waals surface area contributed by atoms with Gasteiger partial charge in [-0.1, -0.05) is 54.6 Å². The Kier molecular flexibility index (Phi) is 6.13. The van der Waals surface area contributed by atoms with Gasteiger partial charge in [0.05, 0.1) is 5.52 Å². The van der Waals surface area contributed by atoms with E-state index >= 15 is 0 Å². The molecule has 3 aromatic carbocycles. The lowest BCUT2D eigenvalue weighted by Gasteiger charge is -2.22. The molecule has 6 nitrogen and oxygen atoms in total. The minimum Gasteiger partial charge on any atom is -0.287 e. The number of carbonyl (C=O) groups excluding carboxylic acids is 1. The summed E-state index contributed by atoms with van der Waals surface area (Å²) in [6, 6.07) is 37.5. The van der Waals surface area contributed by atoms with Gasteiger partial charge in [0.25, 0.3) is 0 Å². The Balaban J connectivity index is 1.36. The highest BCUT2D eigenvalue weighted by Gasteiger charge is 2.34. The van der Waals surface area contributed by atoms with E-state index in [4.69, 9.17) is 0 Å². The zero-order chi connectivity index (χ0) is 28.6. The van der Waals surface area contributed by atoms with Crippen LogP contribution in [0.15, 0.2) is 120 Å². The van der Waals surface area contributed by atoms with Crippen molar-refractivity contribution < 1.29 is 4.79 Å². The van der Waals surface area contributed by atoms with E-state index in [1.807, 2.05) is 84.9 Å². The number of para-hydroxylation sites is 1. The quantitative estimate of drug-likeness (QED) is 0.160. The molecule has 7 heteroatoms. The lowest BCUT2D eigenvalue weighted by molar-refractivity contribution is 0.104. The molecule has 3 aromatic heterocycles. The summed E-state index contributed by atoms with van der Waals surface area (Å²) in [4.78, 5) is 25.8. The molecule has 0 spiro atoms. The second-order valence-corrected chi connectivity index (χ2v) is 10.8. The summed E-state index contributed by atoms with van der Waals surface area (Å²) in [5.41, 5.74) is 2.88. The smallest absolute Gasteiger partial charge is 0.212 e. The molecular weight excluding hydrogens is 538 g/mol. The summed E-state index contributed by atoms with van der Waals surface area (Å²) in [5.74, 6) is 0.450. The maximum Gasteiger partial charge on any atom is 0.212 e. The highest BCUT2D eigenvalue weighted by atomic mass is 32.1. The fraction of sp³-hybridized carbons (Fsp3) is 0. The molecule has 0 N–H and O–H groups in total. The molecule has 42 heavy (non-hydrogen) atoms. The highest BCUT2D eigenvalue weighted by Crippen LogP contribution is 2.43.